The van der Waals surface area contributed by atoms with E-state index in [9.17, 15) is 13.2 Å². The largest absolute Gasteiger partial charge is 0.324 e. The van der Waals surface area contributed by atoms with Gasteiger partial charge in [-0.05, 0) is 12.1 Å². The molecule has 0 atom stereocenters. The van der Waals surface area contributed by atoms with Crippen LogP contribution in [0.2, 0.25) is 0 Å². The Balaban J connectivity index is 2.55. The van der Waals surface area contributed by atoms with Crippen molar-refractivity contribution in [3.63, 3.8) is 0 Å². The van der Waals surface area contributed by atoms with Gasteiger partial charge >= 0.3 is 0 Å². The molecule has 1 amide bonds. The van der Waals surface area contributed by atoms with E-state index in [0.29, 0.717) is 11.4 Å². The lowest BCUT2D eigenvalue weighted by molar-refractivity contribution is -0.115. The number of rotatable bonds is 1. The highest BCUT2D eigenvalue weighted by molar-refractivity contribution is 7.92. The summed E-state index contributed by atoms with van der Waals surface area (Å²) >= 11 is 0. The third kappa shape index (κ3) is 2.01. The summed E-state index contributed by atoms with van der Waals surface area (Å²) in [7, 11) is -3.34. The van der Waals surface area contributed by atoms with Crippen LogP contribution in [0, 0.1) is 0 Å². The van der Waals surface area contributed by atoms with Gasteiger partial charge in [-0.15, -0.1) is 0 Å². The Morgan fingerprint density at radius 2 is 2.00 bits per heavy atom. The van der Waals surface area contributed by atoms with Crippen LogP contribution in [0.15, 0.2) is 24.3 Å². The maximum Gasteiger partial charge on any atom is 0.232 e. The van der Waals surface area contributed by atoms with Crippen molar-refractivity contribution in [3.05, 3.63) is 24.3 Å². The van der Waals surface area contributed by atoms with Crippen LogP contribution in [-0.2, 0) is 14.8 Å². The van der Waals surface area contributed by atoms with Crippen LogP contribution in [0.5, 0.6) is 0 Å². The first kappa shape index (κ1) is 10.9. The summed E-state index contributed by atoms with van der Waals surface area (Å²) in [6.45, 7) is 0.182. The van der Waals surface area contributed by atoms with E-state index in [0.717, 1.165) is 6.26 Å². The first-order valence-corrected chi connectivity index (χ1v) is 6.70. The topological polar surface area (TPSA) is 66.5 Å². The Hall–Kier alpha value is -1.56. The van der Waals surface area contributed by atoms with Gasteiger partial charge in [-0.2, -0.15) is 0 Å². The number of fused-ring (bicyclic) bond motifs is 1. The fourth-order valence-electron chi connectivity index (χ4n) is 1.68. The van der Waals surface area contributed by atoms with Crippen LogP contribution in [0.3, 0.4) is 0 Å². The van der Waals surface area contributed by atoms with Gasteiger partial charge < -0.3 is 5.32 Å². The highest BCUT2D eigenvalue weighted by atomic mass is 32.2. The van der Waals surface area contributed by atoms with Crippen molar-refractivity contribution in [2.24, 2.45) is 0 Å². The summed E-state index contributed by atoms with van der Waals surface area (Å²) in [4.78, 5) is 11.4. The number of hydrogen-bond donors (Lipinski definition) is 1. The molecule has 0 spiro atoms. The Kier molecular flexibility index (Phi) is 2.59. The van der Waals surface area contributed by atoms with Gasteiger partial charge in [-0.25, -0.2) is 8.42 Å². The van der Waals surface area contributed by atoms with Gasteiger partial charge in [0.1, 0.15) is 0 Å². The number of para-hydroxylation sites is 2. The molecule has 1 aliphatic heterocycles. The van der Waals surface area contributed by atoms with Crippen molar-refractivity contribution >= 4 is 27.3 Å². The van der Waals surface area contributed by atoms with Crippen LogP contribution in [0.25, 0.3) is 0 Å². The molecule has 1 aliphatic rings. The number of benzene rings is 1. The van der Waals surface area contributed by atoms with Gasteiger partial charge in [0, 0.05) is 13.0 Å². The van der Waals surface area contributed by atoms with Crippen LogP contribution < -0.4 is 9.62 Å². The van der Waals surface area contributed by atoms with E-state index in [1.165, 1.54) is 4.31 Å². The Labute approximate surface area is 94.1 Å². The predicted octanol–water partition coefficient (Wildman–Crippen LogP) is 0.795. The highest BCUT2D eigenvalue weighted by Gasteiger charge is 2.24. The molecule has 0 saturated carbocycles. The lowest BCUT2D eigenvalue weighted by Crippen LogP contribution is -2.30. The fourth-order valence-corrected chi connectivity index (χ4v) is 2.62. The van der Waals surface area contributed by atoms with Gasteiger partial charge in [0.25, 0.3) is 0 Å². The summed E-state index contributed by atoms with van der Waals surface area (Å²) in [6.07, 6.45) is 1.31. The molecular weight excluding hydrogens is 228 g/mol. The lowest BCUT2D eigenvalue weighted by atomic mass is 10.2. The van der Waals surface area contributed by atoms with Gasteiger partial charge in [0.2, 0.25) is 15.9 Å². The van der Waals surface area contributed by atoms with Crippen LogP contribution >= 0.6 is 0 Å². The van der Waals surface area contributed by atoms with Crippen LogP contribution in [-0.4, -0.2) is 27.1 Å². The maximum atomic E-state index is 11.6. The van der Waals surface area contributed by atoms with Crippen molar-refractivity contribution in [2.75, 3.05) is 22.4 Å². The molecule has 0 fully saturated rings. The molecule has 1 heterocycles. The number of carbonyl (C=O) groups is 1. The van der Waals surface area contributed by atoms with E-state index in [4.69, 9.17) is 0 Å². The molecule has 5 nitrogen and oxygen atoms in total. The summed E-state index contributed by atoms with van der Waals surface area (Å²) in [6, 6.07) is 6.87. The normalized spacial score (nSPS) is 16.3. The molecule has 16 heavy (non-hydrogen) atoms. The minimum absolute atomic E-state index is 0.168. The van der Waals surface area contributed by atoms with Crippen LogP contribution in [0.1, 0.15) is 6.42 Å². The molecule has 1 N–H and O–H groups in total. The van der Waals surface area contributed by atoms with E-state index >= 15 is 0 Å². The van der Waals surface area contributed by atoms with E-state index in [1.807, 2.05) is 0 Å². The summed E-state index contributed by atoms with van der Waals surface area (Å²) in [5.41, 5.74) is 1.06. The molecule has 0 saturated heterocycles. The first-order chi connectivity index (χ1) is 7.48. The number of hydrogen-bond acceptors (Lipinski definition) is 3. The Bertz CT molecular complexity index is 525. The third-order valence-corrected chi connectivity index (χ3v) is 3.57. The van der Waals surface area contributed by atoms with Gasteiger partial charge in [-0.1, -0.05) is 12.1 Å². The van der Waals surface area contributed by atoms with Gasteiger partial charge in [0.05, 0.1) is 17.6 Å². The molecule has 2 rings (SSSR count). The number of amides is 1. The SMILES string of the molecule is CS(=O)(=O)N1CCC(=O)Nc2ccccc21. The van der Waals surface area contributed by atoms with E-state index < -0.39 is 10.0 Å². The molecule has 0 radical (unpaired) electrons. The van der Waals surface area contributed by atoms with Gasteiger partial charge in [-0.3, -0.25) is 9.10 Å². The summed E-state index contributed by atoms with van der Waals surface area (Å²) < 4.78 is 24.4. The minimum Gasteiger partial charge on any atom is -0.324 e. The molecule has 6 heteroatoms. The standard InChI is InChI=1S/C10H12N2O3S/c1-16(14,15)12-7-6-10(13)11-8-4-2-3-5-9(8)12/h2-5H,6-7H2,1H3,(H,11,13). The zero-order chi connectivity index (χ0) is 11.8. The molecular formula is C10H12N2O3S. The highest BCUT2D eigenvalue weighted by Crippen LogP contribution is 2.29. The maximum absolute atomic E-state index is 11.6. The Morgan fingerprint density at radius 1 is 1.31 bits per heavy atom. The van der Waals surface area contributed by atoms with Crippen molar-refractivity contribution in [1.29, 1.82) is 0 Å². The smallest absolute Gasteiger partial charge is 0.232 e. The number of anilines is 2. The quantitative estimate of drug-likeness (QED) is 0.789. The second-order valence-corrected chi connectivity index (χ2v) is 5.56. The Morgan fingerprint density at radius 3 is 2.69 bits per heavy atom. The molecule has 0 unspecified atom stereocenters. The molecule has 0 aliphatic carbocycles. The molecule has 1 aromatic rings. The van der Waals surface area contributed by atoms with E-state index in [2.05, 4.69) is 5.32 Å². The predicted molar refractivity (Wildman–Crippen MR) is 61.9 cm³/mol. The van der Waals surface area contributed by atoms with Crippen molar-refractivity contribution in [2.45, 2.75) is 6.42 Å². The minimum atomic E-state index is -3.34. The fraction of sp³-hybridized carbons (Fsp3) is 0.300. The third-order valence-electron chi connectivity index (χ3n) is 2.39. The second kappa shape index (κ2) is 3.79. The zero-order valence-corrected chi connectivity index (χ0v) is 9.62. The van der Waals surface area contributed by atoms with E-state index in [-0.39, 0.29) is 18.9 Å². The first-order valence-electron chi connectivity index (χ1n) is 4.85. The molecule has 0 bridgehead atoms. The average molecular weight is 240 g/mol. The average Bonchev–Trinajstić information content (AvgIpc) is 2.34. The van der Waals surface area contributed by atoms with Crippen molar-refractivity contribution < 1.29 is 13.2 Å². The van der Waals surface area contributed by atoms with E-state index in [1.54, 1.807) is 24.3 Å². The molecule has 0 aromatic heterocycles. The zero-order valence-electron chi connectivity index (χ0n) is 8.80. The number of sulfonamides is 1. The molecule has 1 aromatic carbocycles. The van der Waals surface area contributed by atoms with Crippen LogP contribution in [0.4, 0.5) is 11.4 Å². The monoisotopic (exact) mass is 240 g/mol. The number of nitrogens with zero attached hydrogens (tertiary/aromatic N) is 1. The summed E-state index contributed by atoms with van der Waals surface area (Å²) in [5.74, 6) is -0.168. The second-order valence-electron chi connectivity index (χ2n) is 3.65. The van der Waals surface area contributed by atoms with Crippen molar-refractivity contribution in [3.8, 4) is 0 Å². The molecule has 86 valence electrons. The van der Waals surface area contributed by atoms with Gasteiger partial charge in [0.15, 0.2) is 0 Å². The number of nitrogens with one attached hydrogen (secondary N) is 1. The van der Waals surface area contributed by atoms with Crippen molar-refractivity contribution in [1.82, 2.24) is 0 Å². The lowest BCUT2D eigenvalue weighted by Gasteiger charge is -2.21. The number of carbonyl (C=O) groups excluding carboxylic acids is 1. The summed E-state index contributed by atoms with van der Waals surface area (Å²) in [5, 5.41) is 2.68.